The minimum Gasteiger partial charge on any atom is -0.459 e. The first kappa shape index (κ1) is 13.2. The van der Waals surface area contributed by atoms with Gasteiger partial charge in [-0.15, -0.1) is 0 Å². The summed E-state index contributed by atoms with van der Waals surface area (Å²) in [5.41, 5.74) is 3.66. The number of hydrogen-bond donors (Lipinski definition) is 1. The van der Waals surface area contributed by atoms with Crippen molar-refractivity contribution < 1.29 is 4.42 Å². The zero-order valence-electron chi connectivity index (χ0n) is 11.8. The van der Waals surface area contributed by atoms with Gasteiger partial charge in [-0.25, -0.2) is 0 Å². The predicted molar refractivity (Wildman–Crippen MR) is 76.9 cm³/mol. The molecule has 0 unspecified atom stereocenters. The summed E-state index contributed by atoms with van der Waals surface area (Å²) in [4.78, 5) is 0. The average Bonchev–Trinajstić information content (AvgIpc) is 2.66. The molecule has 0 fully saturated rings. The molecule has 0 radical (unpaired) electrons. The van der Waals surface area contributed by atoms with Crippen LogP contribution in [-0.2, 0) is 13.0 Å². The van der Waals surface area contributed by atoms with E-state index in [0.29, 0.717) is 5.92 Å². The fourth-order valence-electron chi connectivity index (χ4n) is 2.37. The standard InChI is InChI=1S/C16H23NO/c1-5-17-10-15-14(9-11(2)3)13-8-6-7-12(4)16(13)18-15/h6-8,11,17H,5,9-10H2,1-4H3. The van der Waals surface area contributed by atoms with Crippen molar-refractivity contribution in [2.75, 3.05) is 6.54 Å². The third-order valence-corrected chi connectivity index (χ3v) is 3.25. The molecule has 0 spiro atoms. The Hall–Kier alpha value is -1.28. The van der Waals surface area contributed by atoms with Crippen molar-refractivity contribution >= 4 is 11.0 Å². The lowest BCUT2D eigenvalue weighted by atomic mass is 9.99. The van der Waals surface area contributed by atoms with Crippen LogP contribution >= 0.6 is 0 Å². The molecular formula is C16H23NO. The van der Waals surface area contributed by atoms with Crippen molar-refractivity contribution in [3.05, 3.63) is 35.1 Å². The zero-order chi connectivity index (χ0) is 13.1. The second-order valence-electron chi connectivity index (χ2n) is 5.33. The van der Waals surface area contributed by atoms with Crippen molar-refractivity contribution in [1.29, 1.82) is 0 Å². The van der Waals surface area contributed by atoms with Gasteiger partial charge in [-0.1, -0.05) is 39.0 Å². The summed E-state index contributed by atoms with van der Waals surface area (Å²) < 4.78 is 6.07. The highest BCUT2D eigenvalue weighted by Gasteiger charge is 2.15. The van der Waals surface area contributed by atoms with Gasteiger partial charge in [-0.2, -0.15) is 0 Å². The van der Waals surface area contributed by atoms with Gasteiger partial charge in [0.2, 0.25) is 0 Å². The highest BCUT2D eigenvalue weighted by atomic mass is 16.3. The largest absolute Gasteiger partial charge is 0.459 e. The van der Waals surface area contributed by atoms with Gasteiger partial charge in [0.05, 0.1) is 6.54 Å². The van der Waals surface area contributed by atoms with Crippen molar-refractivity contribution in [1.82, 2.24) is 5.32 Å². The van der Waals surface area contributed by atoms with Gasteiger partial charge in [0.25, 0.3) is 0 Å². The number of aryl methyl sites for hydroxylation is 1. The molecule has 2 aromatic rings. The molecule has 2 rings (SSSR count). The summed E-state index contributed by atoms with van der Waals surface area (Å²) in [6.45, 7) is 10.5. The number of benzene rings is 1. The van der Waals surface area contributed by atoms with E-state index in [2.05, 4.69) is 51.2 Å². The van der Waals surface area contributed by atoms with E-state index in [1.165, 1.54) is 16.5 Å². The van der Waals surface area contributed by atoms with E-state index in [-0.39, 0.29) is 0 Å². The Balaban J connectivity index is 2.49. The highest BCUT2D eigenvalue weighted by Crippen LogP contribution is 2.30. The molecule has 0 aliphatic carbocycles. The van der Waals surface area contributed by atoms with Crippen LogP contribution in [0.15, 0.2) is 22.6 Å². The van der Waals surface area contributed by atoms with Gasteiger partial charge in [0.1, 0.15) is 11.3 Å². The molecule has 0 bridgehead atoms. The Kier molecular flexibility index (Phi) is 4.07. The summed E-state index contributed by atoms with van der Waals surface area (Å²) in [6, 6.07) is 6.41. The molecule has 0 saturated heterocycles. The highest BCUT2D eigenvalue weighted by molar-refractivity contribution is 5.84. The number of nitrogens with one attached hydrogen (secondary N) is 1. The van der Waals surface area contributed by atoms with E-state index in [1.807, 2.05) is 0 Å². The number of furan rings is 1. The van der Waals surface area contributed by atoms with E-state index < -0.39 is 0 Å². The number of fused-ring (bicyclic) bond motifs is 1. The van der Waals surface area contributed by atoms with Crippen molar-refractivity contribution in [2.24, 2.45) is 5.92 Å². The molecule has 0 saturated carbocycles. The molecule has 1 aromatic carbocycles. The molecule has 2 heteroatoms. The Morgan fingerprint density at radius 3 is 2.72 bits per heavy atom. The maximum atomic E-state index is 6.07. The molecule has 0 atom stereocenters. The zero-order valence-corrected chi connectivity index (χ0v) is 11.8. The lowest BCUT2D eigenvalue weighted by molar-refractivity contribution is 0.505. The molecule has 0 aliphatic rings. The molecule has 18 heavy (non-hydrogen) atoms. The summed E-state index contributed by atoms with van der Waals surface area (Å²) in [6.07, 6.45) is 1.08. The lowest BCUT2D eigenvalue weighted by Gasteiger charge is -2.06. The van der Waals surface area contributed by atoms with Gasteiger partial charge in [0, 0.05) is 10.9 Å². The van der Waals surface area contributed by atoms with E-state index in [1.54, 1.807) is 0 Å². The number of rotatable bonds is 5. The van der Waals surface area contributed by atoms with Gasteiger partial charge in [0.15, 0.2) is 0 Å². The van der Waals surface area contributed by atoms with Crippen LogP contribution in [0, 0.1) is 12.8 Å². The van der Waals surface area contributed by atoms with Crippen LogP contribution in [0.2, 0.25) is 0 Å². The first-order valence-electron chi connectivity index (χ1n) is 6.84. The van der Waals surface area contributed by atoms with Crippen LogP contribution in [0.5, 0.6) is 0 Å². The van der Waals surface area contributed by atoms with Crippen LogP contribution in [0.4, 0.5) is 0 Å². The molecule has 98 valence electrons. The molecule has 0 amide bonds. The Morgan fingerprint density at radius 2 is 2.06 bits per heavy atom. The van der Waals surface area contributed by atoms with E-state index in [0.717, 1.165) is 30.9 Å². The topological polar surface area (TPSA) is 25.2 Å². The van der Waals surface area contributed by atoms with Gasteiger partial charge in [-0.3, -0.25) is 0 Å². The van der Waals surface area contributed by atoms with E-state index >= 15 is 0 Å². The van der Waals surface area contributed by atoms with Gasteiger partial charge in [-0.05, 0) is 31.4 Å². The maximum absolute atomic E-state index is 6.07. The molecular weight excluding hydrogens is 222 g/mol. The molecule has 0 aliphatic heterocycles. The molecule has 1 aromatic heterocycles. The molecule has 1 N–H and O–H groups in total. The van der Waals surface area contributed by atoms with Crippen LogP contribution < -0.4 is 5.32 Å². The number of hydrogen-bond acceptors (Lipinski definition) is 2. The van der Waals surface area contributed by atoms with Crippen molar-refractivity contribution in [3.8, 4) is 0 Å². The Labute approximate surface area is 109 Å². The predicted octanol–water partition coefficient (Wildman–Crippen LogP) is 4.05. The molecule has 2 nitrogen and oxygen atoms in total. The summed E-state index contributed by atoms with van der Waals surface area (Å²) in [5, 5.41) is 4.65. The fraction of sp³-hybridized carbons (Fsp3) is 0.500. The summed E-state index contributed by atoms with van der Waals surface area (Å²) in [5.74, 6) is 1.75. The Bertz CT molecular complexity index is 525. The van der Waals surface area contributed by atoms with E-state index in [4.69, 9.17) is 4.42 Å². The van der Waals surface area contributed by atoms with Crippen molar-refractivity contribution in [3.63, 3.8) is 0 Å². The second-order valence-corrected chi connectivity index (χ2v) is 5.33. The third kappa shape index (κ3) is 2.59. The normalized spacial score (nSPS) is 11.6. The first-order valence-corrected chi connectivity index (χ1v) is 6.84. The average molecular weight is 245 g/mol. The smallest absolute Gasteiger partial charge is 0.137 e. The molecule has 1 heterocycles. The van der Waals surface area contributed by atoms with Crippen LogP contribution in [0.25, 0.3) is 11.0 Å². The van der Waals surface area contributed by atoms with E-state index in [9.17, 15) is 0 Å². The van der Waals surface area contributed by atoms with Crippen LogP contribution in [-0.4, -0.2) is 6.54 Å². The fourth-order valence-corrected chi connectivity index (χ4v) is 2.37. The third-order valence-electron chi connectivity index (χ3n) is 3.25. The lowest BCUT2D eigenvalue weighted by Crippen LogP contribution is -2.12. The van der Waals surface area contributed by atoms with Crippen LogP contribution in [0.3, 0.4) is 0 Å². The number of para-hydroxylation sites is 1. The monoisotopic (exact) mass is 245 g/mol. The van der Waals surface area contributed by atoms with Crippen molar-refractivity contribution in [2.45, 2.75) is 40.7 Å². The van der Waals surface area contributed by atoms with Crippen LogP contribution in [0.1, 0.15) is 37.7 Å². The summed E-state index contributed by atoms with van der Waals surface area (Å²) >= 11 is 0. The quantitative estimate of drug-likeness (QED) is 0.859. The summed E-state index contributed by atoms with van der Waals surface area (Å²) in [7, 11) is 0. The maximum Gasteiger partial charge on any atom is 0.137 e. The minimum absolute atomic E-state index is 0.645. The van der Waals surface area contributed by atoms with Gasteiger partial charge >= 0.3 is 0 Å². The second kappa shape index (κ2) is 5.57. The minimum atomic E-state index is 0.645. The Morgan fingerprint density at radius 1 is 1.28 bits per heavy atom. The van der Waals surface area contributed by atoms with Gasteiger partial charge < -0.3 is 9.73 Å². The SMILES string of the molecule is CCNCc1oc2c(C)cccc2c1CC(C)C. The first-order chi connectivity index (χ1) is 8.63.